The first-order valence-corrected chi connectivity index (χ1v) is 7.50. The number of aromatic nitrogens is 2. The van der Waals surface area contributed by atoms with Gasteiger partial charge in [0.15, 0.2) is 0 Å². The molecule has 0 radical (unpaired) electrons. The minimum atomic E-state index is -0.576. The van der Waals surface area contributed by atoms with Crippen LogP contribution < -0.4 is 5.32 Å². The van der Waals surface area contributed by atoms with Crippen LogP contribution in [-0.2, 0) is 0 Å². The summed E-state index contributed by atoms with van der Waals surface area (Å²) >= 11 is 0. The molecule has 3 aromatic rings. The number of hydrogen-bond acceptors (Lipinski definition) is 4. The third kappa shape index (κ3) is 3.32. The van der Waals surface area contributed by atoms with E-state index in [4.69, 9.17) is 4.52 Å². The van der Waals surface area contributed by atoms with Crippen molar-refractivity contribution < 1.29 is 13.7 Å². The molecule has 2 aromatic carbocycles. The van der Waals surface area contributed by atoms with E-state index in [0.717, 1.165) is 11.1 Å². The Morgan fingerprint density at radius 2 is 2.00 bits per heavy atom. The van der Waals surface area contributed by atoms with E-state index in [1.807, 2.05) is 31.2 Å². The maximum Gasteiger partial charge on any atom is 0.254 e. The van der Waals surface area contributed by atoms with Gasteiger partial charge in [0.2, 0.25) is 11.7 Å². The maximum absolute atomic E-state index is 13.6. The first kappa shape index (κ1) is 15.9. The molecule has 0 saturated heterocycles. The Labute approximate surface area is 138 Å². The molecule has 1 heterocycles. The van der Waals surface area contributed by atoms with Crippen molar-refractivity contribution in [2.24, 2.45) is 0 Å². The molecule has 0 spiro atoms. The molecule has 0 aliphatic heterocycles. The van der Waals surface area contributed by atoms with E-state index in [1.54, 1.807) is 13.0 Å². The molecule has 0 bridgehead atoms. The summed E-state index contributed by atoms with van der Waals surface area (Å²) in [6.45, 7) is 3.67. The number of rotatable bonds is 4. The fourth-order valence-electron chi connectivity index (χ4n) is 2.29. The van der Waals surface area contributed by atoms with Crippen LogP contribution >= 0.6 is 0 Å². The minimum Gasteiger partial charge on any atom is -0.340 e. The molecule has 1 atom stereocenters. The molecule has 5 nitrogen and oxygen atoms in total. The fraction of sp³-hybridized carbons (Fsp3) is 0.167. The van der Waals surface area contributed by atoms with Gasteiger partial charge in [0.1, 0.15) is 11.9 Å². The van der Waals surface area contributed by atoms with E-state index in [2.05, 4.69) is 15.5 Å². The first-order valence-electron chi connectivity index (χ1n) is 7.50. The highest BCUT2D eigenvalue weighted by molar-refractivity contribution is 5.94. The summed E-state index contributed by atoms with van der Waals surface area (Å²) in [5.41, 5.74) is 1.89. The standard InChI is InChI=1S/C18H16FN3O2/c1-11-6-5-7-13(10-11)16-21-18(24-22-16)12(2)20-17(23)14-8-3-4-9-15(14)19/h3-10,12H,1-2H3,(H,20,23)/t12-/m1/s1. The van der Waals surface area contributed by atoms with Crippen LogP contribution in [0.2, 0.25) is 0 Å². The lowest BCUT2D eigenvalue weighted by Crippen LogP contribution is -2.27. The monoisotopic (exact) mass is 325 g/mol. The van der Waals surface area contributed by atoms with Crippen LogP contribution in [0.1, 0.15) is 34.8 Å². The zero-order valence-corrected chi connectivity index (χ0v) is 13.3. The third-order valence-corrected chi connectivity index (χ3v) is 3.55. The van der Waals surface area contributed by atoms with Gasteiger partial charge in [-0.2, -0.15) is 4.98 Å². The van der Waals surface area contributed by atoms with Crippen LogP contribution in [0, 0.1) is 12.7 Å². The van der Waals surface area contributed by atoms with Crippen molar-refractivity contribution in [3.8, 4) is 11.4 Å². The second-order valence-corrected chi connectivity index (χ2v) is 5.50. The minimum absolute atomic E-state index is 0.0252. The second-order valence-electron chi connectivity index (χ2n) is 5.50. The number of carbonyl (C=O) groups is 1. The molecule has 24 heavy (non-hydrogen) atoms. The molecular formula is C18H16FN3O2. The largest absolute Gasteiger partial charge is 0.340 e. The highest BCUT2D eigenvalue weighted by atomic mass is 19.1. The van der Waals surface area contributed by atoms with E-state index in [1.165, 1.54) is 18.2 Å². The molecule has 1 N–H and O–H groups in total. The molecule has 0 saturated carbocycles. The Morgan fingerprint density at radius 3 is 2.75 bits per heavy atom. The Bertz CT molecular complexity index is 876. The number of nitrogens with one attached hydrogen (secondary N) is 1. The Hall–Kier alpha value is -3.02. The van der Waals surface area contributed by atoms with Gasteiger partial charge in [-0.3, -0.25) is 4.79 Å². The summed E-state index contributed by atoms with van der Waals surface area (Å²) in [5, 5.41) is 6.59. The molecule has 6 heteroatoms. The quantitative estimate of drug-likeness (QED) is 0.794. The molecule has 122 valence electrons. The number of halogens is 1. The molecule has 3 rings (SSSR count). The van der Waals surface area contributed by atoms with Gasteiger partial charge in [0, 0.05) is 5.56 Å². The van der Waals surface area contributed by atoms with E-state index < -0.39 is 17.8 Å². The van der Waals surface area contributed by atoms with Gasteiger partial charge in [0.25, 0.3) is 5.91 Å². The molecular weight excluding hydrogens is 309 g/mol. The lowest BCUT2D eigenvalue weighted by atomic mass is 10.1. The highest BCUT2D eigenvalue weighted by Crippen LogP contribution is 2.20. The van der Waals surface area contributed by atoms with Crippen molar-refractivity contribution in [3.63, 3.8) is 0 Å². The van der Waals surface area contributed by atoms with Gasteiger partial charge in [0.05, 0.1) is 5.56 Å². The van der Waals surface area contributed by atoms with Crippen LogP contribution in [0.4, 0.5) is 4.39 Å². The summed E-state index contributed by atoms with van der Waals surface area (Å²) < 4.78 is 18.9. The number of nitrogens with zero attached hydrogens (tertiary/aromatic N) is 2. The van der Waals surface area contributed by atoms with Crippen LogP contribution in [0.5, 0.6) is 0 Å². The fourth-order valence-corrected chi connectivity index (χ4v) is 2.29. The van der Waals surface area contributed by atoms with Crippen molar-refractivity contribution in [2.75, 3.05) is 0 Å². The first-order chi connectivity index (χ1) is 11.5. The summed E-state index contributed by atoms with van der Waals surface area (Å²) in [7, 11) is 0. The smallest absolute Gasteiger partial charge is 0.254 e. The number of aryl methyl sites for hydroxylation is 1. The van der Waals surface area contributed by atoms with E-state index in [0.29, 0.717) is 5.82 Å². The normalized spacial score (nSPS) is 12.0. The summed E-state index contributed by atoms with van der Waals surface area (Å²) in [6, 6.07) is 13.0. The van der Waals surface area contributed by atoms with Crippen LogP contribution in [0.25, 0.3) is 11.4 Å². The Balaban J connectivity index is 1.75. The Kier molecular flexibility index (Phi) is 4.37. The Morgan fingerprint density at radius 1 is 1.21 bits per heavy atom. The number of amides is 1. The van der Waals surface area contributed by atoms with Gasteiger partial charge in [-0.1, -0.05) is 41.1 Å². The van der Waals surface area contributed by atoms with Crippen molar-refractivity contribution in [1.29, 1.82) is 0 Å². The van der Waals surface area contributed by atoms with Crippen molar-refractivity contribution in [2.45, 2.75) is 19.9 Å². The average molecular weight is 325 g/mol. The van der Waals surface area contributed by atoms with Crippen LogP contribution in [0.15, 0.2) is 53.1 Å². The molecule has 0 unspecified atom stereocenters. The topological polar surface area (TPSA) is 68.0 Å². The predicted molar refractivity (Wildman–Crippen MR) is 86.8 cm³/mol. The van der Waals surface area contributed by atoms with Crippen LogP contribution in [0.3, 0.4) is 0 Å². The van der Waals surface area contributed by atoms with E-state index in [-0.39, 0.29) is 11.5 Å². The van der Waals surface area contributed by atoms with Gasteiger partial charge in [-0.25, -0.2) is 4.39 Å². The highest BCUT2D eigenvalue weighted by Gasteiger charge is 2.19. The summed E-state index contributed by atoms with van der Waals surface area (Å²) in [4.78, 5) is 16.4. The second kappa shape index (κ2) is 6.62. The summed E-state index contributed by atoms with van der Waals surface area (Å²) in [5.74, 6) is -0.402. The third-order valence-electron chi connectivity index (χ3n) is 3.55. The van der Waals surface area contributed by atoms with E-state index in [9.17, 15) is 9.18 Å². The van der Waals surface area contributed by atoms with Crippen molar-refractivity contribution in [3.05, 3.63) is 71.4 Å². The lowest BCUT2D eigenvalue weighted by Gasteiger charge is -2.10. The molecule has 1 amide bonds. The molecule has 1 aromatic heterocycles. The zero-order chi connectivity index (χ0) is 17.1. The van der Waals surface area contributed by atoms with Crippen LogP contribution in [-0.4, -0.2) is 16.0 Å². The van der Waals surface area contributed by atoms with Gasteiger partial charge in [-0.15, -0.1) is 0 Å². The maximum atomic E-state index is 13.6. The predicted octanol–water partition coefficient (Wildman–Crippen LogP) is 3.68. The van der Waals surface area contributed by atoms with Crippen molar-refractivity contribution in [1.82, 2.24) is 15.5 Å². The van der Waals surface area contributed by atoms with Gasteiger partial charge >= 0.3 is 0 Å². The number of carbonyl (C=O) groups excluding carboxylic acids is 1. The van der Waals surface area contributed by atoms with E-state index >= 15 is 0 Å². The summed E-state index contributed by atoms with van der Waals surface area (Å²) in [6.07, 6.45) is 0. The SMILES string of the molecule is Cc1cccc(-c2noc([C@@H](C)NC(=O)c3ccccc3F)n2)c1. The van der Waals surface area contributed by atoms with Gasteiger partial charge in [-0.05, 0) is 32.0 Å². The zero-order valence-electron chi connectivity index (χ0n) is 13.3. The number of hydrogen-bond donors (Lipinski definition) is 1. The average Bonchev–Trinajstić information content (AvgIpc) is 3.05. The molecule has 0 aliphatic carbocycles. The molecule has 0 aliphatic rings. The lowest BCUT2D eigenvalue weighted by molar-refractivity contribution is 0.0928. The van der Waals surface area contributed by atoms with Gasteiger partial charge < -0.3 is 9.84 Å². The molecule has 0 fully saturated rings. The van der Waals surface area contributed by atoms with Crippen molar-refractivity contribution >= 4 is 5.91 Å². The number of benzene rings is 2.